The maximum absolute atomic E-state index is 11.6. The summed E-state index contributed by atoms with van der Waals surface area (Å²) in [6, 6.07) is 13.2. The summed E-state index contributed by atoms with van der Waals surface area (Å²) in [6.07, 6.45) is 0. The van der Waals surface area contributed by atoms with Gasteiger partial charge in [-0.15, -0.1) is 0 Å². The molecule has 104 valence electrons. The Labute approximate surface area is 115 Å². The van der Waals surface area contributed by atoms with E-state index < -0.39 is 20.3 Å². The van der Waals surface area contributed by atoms with E-state index in [4.69, 9.17) is 0 Å². The highest BCUT2D eigenvalue weighted by Gasteiger charge is 2.27. The zero-order valence-corrected chi connectivity index (χ0v) is 11.0. The fourth-order valence-corrected chi connectivity index (χ4v) is 2.94. The first-order valence-corrected chi connectivity index (χ1v) is 7.15. The molecule has 0 aliphatic rings. The number of hydrogen-bond donors (Lipinski definition) is 1. The van der Waals surface area contributed by atoms with Crippen molar-refractivity contribution in [1.82, 2.24) is 0 Å². The van der Waals surface area contributed by atoms with Gasteiger partial charge >= 0.3 is 0 Å². The predicted molar refractivity (Wildman–Crippen MR) is 72.9 cm³/mol. The zero-order valence-electron chi connectivity index (χ0n) is 10.2. The average Bonchev–Trinajstić information content (AvgIpc) is 2.39. The van der Waals surface area contributed by atoms with Gasteiger partial charge in [0.2, 0.25) is 0 Å². The van der Waals surface area contributed by atoms with E-state index >= 15 is 0 Å². The number of nitrogens with zero attached hydrogens (tertiary/aromatic N) is 1. The molecule has 1 unspecified atom stereocenters. The van der Waals surface area contributed by atoms with E-state index in [9.17, 15) is 23.1 Å². The second-order valence-electron chi connectivity index (χ2n) is 4.15. The molecule has 2 aromatic rings. The lowest BCUT2D eigenvalue weighted by molar-refractivity contribution is -0.384. The van der Waals surface area contributed by atoms with Gasteiger partial charge in [0.25, 0.3) is 15.8 Å². The van der Waals surface area contributed by atoms with Crippen molar-refractivity contribution in [3.63, 3.8) is 0 Å². The van der Waals surface area contributed by atoms with Gasteiger partial charge in [0.15, 0.2) is 0 Å². The monoisotopic (exact) mass is 293 g/mol. The van der Waals surface area contributed by atoms with Crippen LogP contribution < -0.4 is 0 Å². The minimum Gasteiger partial charge on any atom is -0.285 e. The van der Waals surface area contributed by atoms with Gasteiger partial charge < -0.3 is 0 Å². The number of rotatable bonds is 4. The van der Waals surface area contributed by atoms with E-state index in [1.54, 1.807) is 30.3 Å². The van der Waals surface area contributed by atoms with Crippen LogP contribution in [0.1, 0.15) is 16.4 Å². The van der Waals surface area contributed by atoms with Gasteiger partial charge in [-0.3, -0.25) is 14.7 Å². The predicted octanol–water partition coefficient (Wildman–Crippen LogP) is 2.57. The Bertz CT molecular complexity index is 710. The summed E-state index contributed by atoms with van der Waals surface area (Å²) in [5.41, 5.74) is 0.518. The van der Waals surface area contributed by atoms with Crippen LogP contribution in [0.4, 0.5) is 5.69 Å². The molecule has 7 heteroatoms. The zero-order chi connectivity index (χ0) is 14.8. The van der Waals surface area contributed by atoms with Crippen LogP contribution in [-0.4, -0.2) is 17.9 Å². The lowest BCUT2D eigenvalue weighted by Crippen LogP contribution is -2.13. The Balaban J connectivity index is 2.51. The van der Waals surface area contributed by atoms with Gasteiger partial charge in [-0.2, -0.15) is 8.42 Å². The fourth-order valence-electron chi connectivity index (χ4n) is 1.94. The van der Waals surface area contributed by atoms with Crippen LogP contribution in [0.3, 0.4) is 0 Å². The van der Waals surface area contributed by atoms with Crippen LogP contribution in [-0.2, 0) is 10.1 Å². The van der Waals surface area contributed by atoms with E-state index in [0.29, 0.717) is 5.56 Å². The molecule has 0 saturated carbocycles. The van der Waals surface area contributed by atoms with Crippen LogP contribution in [0.2, 0.25) is 0 Å². The van der Waals surface area contributed by atoms with Crippen LogP contribution >= 0.6 is 0 Å². The molecule has 0 fully saturated rings. The van der Waals surface area contributed by atoms with Crippen molar-refractivity contribution in [3.8, 4) is 0 Å². The molecule has 6 nitrogen and oxygen atoms in total. The van der Waals surface area contributed by atoms with E-state index in [-0.39, 0.29) is 11.3 Å². The first-order valence-electron chi connectivity index (χ1n) is 5.65. The van der Waals surface area contributed by atoms with E-state index in [1.165, 1.54) is 24.3 Å². The second-order valence-corrected chi connectivity index (χ2v) is 5.66. The summed E-state index contributed by atoms with van der Waals surface area (Å²) in [6.45, 7) is 0. The molecule has 2 rings (SSSR count). The van der Waals surface area contributed by atoms with E-state index in [0.717, 1.165) is 0 Å². The third kappa shape index (κ3) is 3.01. The Hall–Kier alpha value is -2.25. The Kier molecular flexibility index (Phi) is 3.82. The van der Waals surface area contributed by atoms with Crippen LogP contribution in [0.5, 0.6) is 0 Å². The van der Waals surface area contributed by atoms with Gasteiger partial charge in [-0.05, 0) is 11.1 Å². The lowest BCUT2D eigenvalue weighted by atomic mass is 10.0. The summed E-state index contributed by atoms with van der Waals surface area (Å²) in [7, 11) is -4.37. The largest absolute Gasteiger partial charge is 0.285 e. The third-order valence-corrected chi connectivity index (χ3v) is 3.95. The van der Waals surface area contributed by atoms with Crippen LogP contribution in [0.25, 0.3) is 0 Å². The number of benzene rings is 2. The van der Waals surface area contributed by atoms with Gasteiger partial charge in [0.1, 0.15) is 5.25 Å². The van der Waals surface area contributed by atoms with Gasteiger partial charge in [-0.1, -0.05) is 42.5 Å². The Morgan fingerprint density at radius 3 is 1.90 bits per heavy atom. The molecule has 0 heterocycles. The topological polar surface area (TPSA) is 97.5 Å². The van der Waals surface area contributed by atoms with Gasteiger partial charge in [-0.25, -0.2) is 0 Å². The molecule has 2 aromatic carbocycles. The molecule has 0 spiro atoms. The average molecular weight is 293 g/mol. The molecule has 0 radical (unpaired) electrons. The molecular formula is C13H11NO5S. The lowest BCUT2D eigenvalue weighted by Gasteiger charge is -2.14. The van der Waals surface area contributed by atoms with Crippen molar-refractivity contribution in [2.45, 2.75) is 5.25 Å². The minimum atomic E-state index is -4.37. The highest BCUT2D eigenvalue weighted by molar-refractivity contribution is 7.86. The summed E-state index contributed by atoms with van der Waals surface area (Å²) in [4.78, 5) is 10.0. The number of nitro benzene ring substituents is 1. The molecule has 0 aliphatic carbocycles. The highest BCUT2D eigenvalue weighted by Crippen LogP contribution is 2.30. The summed E-state index contributed by atoms with van der Waals surface area (Å²) >= 11 is 0. The van der Waals surface area contributed by atoms with Crippen molar-refractivity contribution >= 4 is 15.8 Å². The molecule has 0 amide bonds. The van der Waals surface area contributed by atoms with Crippen molar-refractivity contribution in [2.24, 2.45) is 0 Å². The number of nitro groups is 1. The molecule has 0 aliphatic heterocycles. The molecule has 1 atom stereocenters. The highest BCUT2D eigenvalue weighted by atomic mass is 32.2. The quantitative estimate of drug-likeness (QED) is 0.530. The van der Waals surface area contributed by atoms with Gasteiger partial charge in [0.05, 0.1) is 4.92 Å². The molecule has 0 saturated heterocycles. The fraction of sp³-hybridized carbons (Fsp3) is 0.0769. The van der Waals surface area contributed by atoms with Crippen LogP contribution in [0, 0.1) is 10.1 Å². The van der Waals surface area contributed by atoms with Crippen molar-refractivity contribution in [2.75, 3.05) is 0 Å². The minimum absolute atomic E-state index is 0.143. The molecule has 1 N–H and O–H groups in total. The third-order valence-electron chi connectivity index (χ3n) is 2.81. The van der Waals surface area contributed by atoms with Crippen LogP contribution in [0.15, 0.2) is 54.6 Å². The standard InChI is InChI=1S/C13H11NO5S/c15-14(16)12-8-6-11(7-9-12)13(20(17,18)19)10-4-2-1-3-5-10/h1-9,13H,(H,17,18,19). The molecular weight excluding hydrogens is 282 g/mol. The van der Waals surface area contributed by atoms with E-state index in [1.807, 2.05) is 0 Å². The maximum atomic E-state index is 11.6. The van der Waals surface area contributed by atoms with Crippen molar-refractivity contribution < 1.29 is 17.9 Å². The Morgan fingerprint density at radius 2 is 1.45 bits per heavy atom. The summed E-state index contributed by atoms with van der Waals surface area (Å²) in [5, 5.41) is 9.33. The normalized spacial score (nSPS) is 12.8. The summed E-state index contributed by atoms with van der Waals surface area (Å²) < 4.78 is 32.5. The first-order chi connectivity index (χ1) is 9.39. The molecule has 0 aromatic heterocycles. The smallest absolute Gasteiger partial charge is 0.276 e. The van der Waals surface area contributed by atoms with Crippen molar-refractivity contribution in [3.05, 3.63) is 75.8 Å². The number of hydrogen-bond acceptors (Lipinski definition) is 4. The maximum Gasteiger partial charge on any atom is 0.276 e. The second kappa shape index (κ2) is 5.40. The molecule has 0 bridgehead atoms. The Morgan fingerprint density at radius 1 is 0.950 bits per heavy atom. The molecule has 20 heavy (non-hydrogen) atoms. The van der Waals surface area contributed by atoms with E-state index in [2.05, 4.69) is 0 Å². The van der Waals surface area contributed by atoms with Crippen molar-refractivity contribution in [1.29, 1.82) is 0 Å². The SMILES string of the molecule is O=[N+]([O-])c1ccc(C(c2ccccc2)S(=O)(=O)O)cc1. The van der Waals surface area contributed by atoms with Gasteiger partial charge in [0, 0.05) is 12.1 Å². The summed E-state index contributed by atoms with van der Waals surface area (Å²) in [5.74, 6) is 0. The number of non-ortho nitro benzene ring substituents is 1. The first kappa shape index (κ1) is 14.2.